The molecule has 0 radical (unpaired) electrons. The van der Waals surface area contributed by atoms with Gasteiger partial charge in [0.15, 0.2) is 0 Å². The van der Waals surface area contributed by atoms with Crippen LogP contribution >= 0.6 is 47.0 Å². The number of unbranched alkanes of at least 4 members (excludes halogenated alkanes) is 12. The summed E-state index contributed by atoms with van der Waals surface area (Å²) < 4.78 is -2.47. The molecule has 4 amide bonds. The van der Waals surface area contributed by atoms with Gasteiger partial charge in [-0.05, 0) is 72.7 Å². The fourth-order valence-electron chi connectivity index (χ4n) is 9.45. The maximum absolute atomic E-state index is 13.2. The molecular formula is C50H78N2O4S4. The van der Waals surface area contributed by atoms with Crippen molar-refractivity contribution in [3.8, 4) is 0 Å². The van der Waals surface area contributed by atoms with Crippen molar-refractivity contribution in [1.82, 2.24) is 10.6 Å². The molecule has 4 fully saturated rings. The van der Waals surface area contributed by atoms with E-state index in [0.29, 0.717) is 0 Å². The minimum Gasteiger partial charge on any atom is -0.294 e. The van der Waals surface area contributed by atoms with Gasteiger partial charge in [0.25, 0.3) is 0 Å². The molecule has 2 aliphatic heterocycles. The molecule has 4 aliphatic rings. The van der Waals surface area contributed by atoms with Crippen LogP contribution in [0.2, 0.25) is 0 Å². The fourth-order valence-corrected chi connectivity index (χ4v) is 16.7. The van der Waals surface area contributed by atoms with E-state index in [0.717, 1.165) is 61.5 Å². The first-order chi connectivity index (χ1) is 28.2. The molecule has 0 spiro atoms. The zero-order chi connectivity index (χ0) is 41.5. The second-order valence-electron chi connectivity index (χ2n) is 16.7. The summed E-state index contributed by atoms with van der Waals surface area (Å²) in [7, 11) is 0. The summed E-state index contributed by atoms with van der Waals surface area (Å²) in [6.07, 6.45) is 20.6. The van der Waals surface area contributed by atoms with E-state index < -0.39 is 19.0 Å². The van der Waals surface area contributed by atoms with E-state index in [1.807, 2.05) is 36.4 Å². The number of benzene rings is 2. The van der Waals surface area contributed by atoms with Crippen LogP contribution in [0, 0.1) is 0 Å². The highest BCUT2D eigenvalue weighted by Gasteiger charge is 2.79. The van der Waals surface area contributed by atoms with Gasteiger partial charge >= 0.3 is 0 Å². The van der Waals surface area contributed by atoms with Gasteiger partial charge in [0.1, 0.15) is 19.0 Å². The van der Waals surface area contributed by atoms with E-state index in [1.54, 1.807) is 47.0 Å². The number of thioether (sulfide) groups is 4. The Morgan fingerprint density at radius 2 is 0.733 bits per heavy atom. The quantitative estimate of drug-likeness (QED) is 0.0713. The molecule has 2 heterocycles. The number of imide groups is 2. The van der Waals surface area contributed by atoms with Gasteiger partial charge in [-0.25, -0.2) is 0 Å². The molecule has 2 aromatic carbocycles. The predicted molar refractivity (Wildman–Crippen MR) is 265 cm³/mol. The molecule has 336 valence electrons. The van der Waals surface area contributed by atoms with Crippen LogP contribution in [0.25, 0.3) is 0 Å². The van der Waals surface area contributed by atoms with E-state index in [-0.39, 0.29) is 50.3 Å². The van der Waals surface area contributed by atoms with Crippen molar-refractivity contribution in [1.29, 1.82) is 0 Å². The third-order valence-electron chi connectivity index (χ3n) is 12.8. The molecule has 2 saturated carbocycles. The van der Waals surface area contributed by atoms with Gasteiger partial charge in [0, 0.05) is 11.8 Å². The van der Waals surface area contributed by atoms with Crippen molar-refractivity contribution in [3.63, 3.8) is 0 Å². The van der Waals surface area contributed by atoms with E-state index in [4.69, 9.17) is 0 Å². The number of amides is 4. The minimum atomic E-state index is -0.646. The van der Waals surface area contributed by atoms with Crippen LogP contribution in [0.5, 0.6) is 0 Å². The molecule has 10 heteroatoms. The van der Waals surface area contributed by atoms with Crippen LogP contribution in [0.4, 0.5) is 0 Å². The highest BCUT2D eigenvalue weighted by atomic mass is 32.2. The average molecular weight is 899 g/mol. The summed E-state index contributed by atoms with van der Waals surface area (Å²) in [5.74, 6) is 3.86. The molecule has 2 aromatic rings. The number of nitrogens with one attached hydrogen (secondary N) is 2. The second-order valence-corrected chi connectivity index (χ2v) is 22.1. The SMILES string of the molecule is C.C.CCCCCCS[C@]12CC(c3ccccc3)[C@@]1(SCCCCCC)C(=O)NC2=O.CCCCCCS[C@]12CC(c3ccccc3)[C@@]1(SCCCCCC)C(=O)NC2=O. The molecule has 6 rings (SSSR count). The Kier molecular flexibility index (Phi) is 22.2. The summed E-state index contributed by atoms with van der Waals surface area (Å²) in [5, 5.41) is 5.49. The van der Waals surface area contributed by atoms with E-state index in [1.165, 1.54) is 88.2 Å². The number of fused-ring (bicyclic) bond motifs is 2. The van der Waals surface area contributed by atoms with Crippen molar-refractivity contribution in [2.75, 3.05) is 23.0 Å². The monoisotopic (exact) mass is 898 g/mol. The van der Waals surface area contributed by atoms with Gasteiger partial charge in [-0.15, -0.1) is 47.0 Å². The Bertz CT molecular complexity index is 1510. The molecule has 2 aliphatic carbocycles. The fraction of sp³-hybridized carbons (Fsp3) is 0.680. The first kappa shape index (κ1) is 52.5. The maximum Gasteiger partial charge on any atom is 0.245 e. The number of carbonyl (C=O) groups excluding carboxylic acids is 4. The normalized spacial score (nSPS) is 27.2. The summed E-state index contributed by atoms with van der Waals surface area (Å²) in [4.78, 5) is 52.6. The lowest BCUT2D eigenvalue weighted by Crippen LogP contribution is -2.66. The van der Waals surface area contributed by atoms with Crippen LogP contribution < -0.4 is 10.6 Å². The molecule has 60 heavy (non-hydrogen) atoms. The molecule has 0 aromatic heterocycles. The van der Waals surface area contributed by atoms with Crippen molar-refractivity contribution >= 4 is 70.7 Å². The molecule has 0 bridgehead atoms. The number of carbonyl (C=O) groups is 4. The molecular weight excluding hydrogens is 821 g/mol. The molecule has 6 atom stereocenters. The molecule has 2 unspecified atom stereocenters. The first-order valence-corrected chi connectivity index (χ1v) is 26.6. The molecule has 2 N–H and O–H groups in total. The maximum atomic E-state index is 13.2. The topological polar surface area (TPSA) is 92.3 Å². The third kappa shape index (κ3) is 10.7. The largest absolute Gasteiger partial charge is 0.294 e. The molecule has 6 nitrogen and oxygen atoms in total. The van der Waals surface area contributed by atoms with Gasteiger partial charge in [-0.2, -0.15) is 0 Å². The smallest absolute Gasteiger partial charge is 0.245 e. The number of hydrogen-bond acceptors (Lipinski definition) is 8. The Morgan fingerprint density at radius 1 is 0.433 bits per heavy atom. The third-order valence-corrected chi connectivity index (χ3v) is 19.9. The van der Waals surface area contributed by atoms with Crippen LogP contribution in [0.1, 0.15) is 181 Å². The highest BCUT2D eigenvalue weighted by Crippen LogP contribution is 2.70. The van der Waals surface area contributed by atoms with Gasteiger partial charge in [0.2, 0.25) is 23.6 Å². The Labute approximate surface area is 382 Å². The van der Waals surface area contributed by atoms with Gasteiger partial charge in [-0.3, -0.25) is 29.8 Å². The van der Waals surface area contributed by atoms with Crippen molar-refractivity contribution in [3.05, 3.63) is 71.8 Å². The number of rotatable bonds is 26. The standard InChI is InChI=1S/2C24H35NO2S2.2CH4/c2*1-3-5-7-12-16-28-23-18-20(19-14-10-9-11-15-19)24(23,22(27)25-21(23)26)29-17-13-8-6-4-2;;/h2*9-11,14-15,20H,3-8,12-13,16-18H2,1-2H3,(H,25,26,27);2*1H4/t2*20?,23-,24+;;/m00../s1. The van der Waals surface area contributed by atoms with E-state index >= 15 is 0 Å². The predicted octanol–water partition coefficient (Wildman–Crippen LogP) is 13.1. The summed E-state index contributed by atoms with van der Waals surface area (Å²) >= 11 is 7.03. The molecule has 2 saturated heterocycles. The Balaban J connectivity index is 0.000000310. The zero-order valence-electron chi connectivity index (χ0n) is 35.8. The Morgan fingerprint density at radius 3 is 1.03 bits per heavy atom. The van der Waals surface area contributed by atoms with Crippen molar-refractivity contribution in [2.45, 2.75) is 189 Å². The van der Waals surface area contributed by atoms with E-state index in [2.05, 4.69) is 62.6 Å². The summed E-state index contributed by atoms with van der Waals surface area (Å²) in [5.41, 5.74) is 2.39. The lowest BCUT2D eigenvalue weighted by Gasteiger charge is -2.56. The van der Waals surface area contributed by atoms with Gasteiger partial charge in [0.05, 0.1) is 0 Å². The van der Waals surface area contributed by atoms with Crippen LogP contribution in [-0.2, 0) is 19.2 Å². The van der Waals surface area contributed by atoms with Crippen LogP contribution in [-0.4, -0.2) is 65.6 Å². The summed E-state index contributed by atoms with van der Waals surface area (Å²) in [6.45, 7) is 8.86. The van der Waals surface area contributed by atoms with Crippen molar-refractivity contribution in [2.24, 2.45) is 0 Å². The van der Waals surface area contributed by atoms with Crippen LogP contribution in [0.15, 0.2) is 60.7 Å². The summed E-state index contributed by atoms with van der Waals surface area (Å²) in [6, 6.07) is 20.7. The van der Waals surface area contributed by atoms with E-state index in [9.17, 15) is 19.2 Å². The van der Waals surface area contributed by atoms with Gasteiger partial charge in [-0.1, -0.05) is 180 Å². The average Bonchev–Trinajstić information content (AvgIpc) is 3.47. The first-order valence-electron chi connectivity index (χ1n) is 22.6. The zero-order valence-corrected chi connectivity index (χ0v) is 39.0. The highest BCUT2D eigenvalue weighted by molar-refractivity contribution is 8.06. The minimum absolute atomic E-state index is 0. The Hall–Kier alpha value is -1.88. The van der Waals surface area contributed by atoms with Crippen LogP contribution in [0.3, 0.4) is 0 Å². The number of hydrogen-bond donors (Lipinski definition) is 2. The lowest BCUT2D eigenvalue weighted by atomic mass is 9.61. The van der Waals surface area contributed by atoms with Crippen molar-refractivity contribution < 1.29 is 19.2 Å². The second kappa shape index (κ2) is 25.4. The lowest BCUT2D eigenvalue weighted by molar-refractivity contribution is -0.126. The van der Waals surface area contributed by atoms with Gasteiger partial charge < -0.3 is 0 Å².